The van der Waals surface area contributed by atoms with E-state index in [1.54, 1.807) is 10.8 Å². The summed E-state index contributed by atoms with van der Waals surface area (Å²) in [6, 6.07) is 4.22. The van der Waals surface area contributed by atoms with Crippen molar-refractivity contribution in [1.82, 2.24) is 24.4 Å². The van der Waals surface area contributed by atoms with E-state index in [-0.39, 0.29) is 22.9 Å². The largest absolute Gasteiger partial charge is 0.309 e. The highest BCUT2D eigenvalue weighted by Gasteiger charge is 2.26. The molecule has 1 atom stereocenters. The van der Waals surface area contributed by atoms with Crippen molar-refractivity contribution in [3.05, 3.63) is 51.6 Å². The minimum Gasteiger partial charge on any atom is -0.309 e. The van der Waals surface area contributed by atoms with Crippen LogP contribution in [0.1, 0.15) is 91.7 Å². The van der Waals surface area contributed by atoms with Crippen LogP contribution in [0.4, 0.5) is 11.8 Å². The summed E-state index contributed by atoms with van der Waals surface area (Å²) in [5.74, 6) is 2.64. The number of fused-ring (bicyclic) bond motifs is 1. The maximum Gasteiger partial charge on any atom is 0.263 e. The van der Waals surface area contributed by atoms with Crippen LogP contribution in [0.2, 0.25) is 0 Å². The number of aryl methyl sites for hydroxylation is 1. The van der Waals surface area contributed by atoms with Gasteiger partial charge in [-0.25, -0.2) is 9.97 Å². The van der Waals surface area contributed by atoms with E-state index in [0.717, 1.165) is 37.6 Å². The van der Waals surface area contributed by atoms with Crippen molar-refractivity contribution in [2.75, 3.05) is 37.0 Å². The molecule has 0 bridgehead atoms. The molecule has 4 heterocycles. The van der Waals surface area contributed by atoms with E-state index in [0.29, 0.717) is 28.9 Å². The number of thioether (sulfide) groups is 1. The third-order valence-electron chi connectivity index (χ3n) is 8.39. The van der Waals surface area contributed by atoms with E-state index < -0.39 is 0 Å². The lowest BCUT2D eigenvalue weighted by atomic mass is 9.93. The fourth-order valence-corrected chi connectivity index (χ4v) is 6.71. The maximum atomic E-state index is 13.4. The Morgan fingerprint density at radius 2 is 1.90 bits per heavy atom. The van der Waals surface area contributed by atoms with Crippen LogP contribution in [0.5, 0.6) is 0 Å². The molecule has 0 radical (unpaired) electrons. The van der Waals surface area contributed by atoms with E-state index in [1.165, 1.54) is 57.0 Å². The molecule has 1 saturated carbocycles. The predicted octanol–water partition coefficient (Wildman–Crippen LogP) is 5.88. The Bertz CT molecular complexity index is 1370. The smallest absolute Gasteiger partial charge is 0.263 e. The van der Waals surface area contributed by atoms with Crippen molar-refractivity contribution in [3.63, 3.8) is 0 Å². The Labute approximate surface area is 235 Å². The van der Waals surface area contributed by atoms with Gasteiger partial charge in [-0.3, -0.25) is 14.2 Å². The van der Waals surface area contributed by atoms with Gasteiger partial charge in [0.05, 0.1) is 5.56 Å². The molecule has 1 N–H and O–H groups in total. The van der Waals surface area contributed by atoms with Gasteiger partial charge in [0.2, 0.25) is 5.95 Å². The van der Waals surface area contributed by atoms with E-state index in [2.05, 4.69) is 27.5 Å². The van der Waals surface area contributed by atoms with E-state index >= 15 is 0 Å². The van der Waals surface area contributed by atoms with Crippen LogP contribution < -0.4 is 10.9 Å². The number of carbonyl (C=O) groups excluding carboxylic acids is 1. The zero-order chi connectivity index (χ0) is 27.4. The summed E-state index contributed by atoms with van der Waals surface area (Å²) in [6.45, 7) is 6.81. The molecule has 9 heteroatoms. The summed E-state index contributed by atoms with van der Waals surface area (Å²) in [7, 11) is 0. The molecular weight excluding hydrogens is 508 g/mol. The molecule has 1 aliphatic heterocycles. The number of ketones is 1. The number of aromatic nitrogens is 4. The number of hydrogen-bond donors (Lipinski definition) is 1. The van der Waals surface area contributed by atoms with Gasteiger partial charge in [0.1, 0.15) is 11.5 Å². The first-order chi connectivity index (χ1) is 19.0. The Morgan fingerprint density at radius 3 is 2.62 bits per heavy atom. The summed E-state index contributed by atoms with van der Waals surface area (Å²) in [5.41, 5.74) is 2.53. The number of pyridine rings is 2. The molecule has 8 nitrogen and oxygen atoms in total. The van der Waals surface area contributed by atoms with Gasteiger partial charge in [0, 0.05) is 23.8 Å². The number of carbonyl (C=O) groups is 1. The fourth-order valence-electron chi connectivity index (χ4n) is 6.29. The van der Waals surface area contributed by atoms with Gasteiger partial charge in [-0.15, -0.1) is 0 Å². The minimum absolute atomic E-state index is 0.0555. The average Bonchev–Trinajstić information content (AvgIpc) is 3.34. The highest BCUT2D eigenvalue weighted by molar-refractivity contribution is 7.98. The fraction of sp³-hybridized carbons (Fsp3) is 0.567. The van der Waals surface area contributed by atoms with Gasteiger partial charge in [0.15, 0.2) is 5.78 Å². The van der Waals surface area contributed by atoms with E-state index in [1.807, 2.05) is 30.9 Å². The first-order valence-corrected chi connectivity index (χ1v) is 15.7. The Kier molecular flexibility index (Phi) is 8.97. The van der Waals surface area contributed by atoms with Crippen LogP contribution in [-0.2, 0) is 0 Å². The van der Waals surface area contributed by atoms with Crippen molar-refractivity contribution in [2.45, 2.75) is 77.2 Å². The zero-order valence-electron chi connectivity index (χ0n) is 23.4. The quantitative estimate of drug-likeness (QED) is 0.262. The number of likely N-dealkylation sites (tertiary alicyclic amines) is 1. The maximum absolute atomic E-state index is 13.4. The second kappa shape index (κ2) is 12.6. The molecule has 1 aliphatic carbocycles. The molecule has 1 saturated heterocycles. The summed E-state index contributed by atoms with van der Waals surface area (Å²) in [6.07, 6.45) is 14.7. The third kappa shape index (κ3) is 6.19. The molecular formula is C30H40N6O2S. The normalized spacial score (nSPS) is 18.9. The molecule has 0 amide bonds. The monoisotopic (exact) mass is 548 g/mol. The van der Waals surface area contributed by atoms with Crippen LogP contribution in [-0.4, -0.2) is 61.8 Å². The molecule has 3 aromatic rings. The predicted molar refractivity (Wildman–Crippen MR) is 160 cm³/mol. The lowest BCUT2D eigenvalue weighted by Gasteiger charge is -2.20. The topological polar surface area (TPSA) is 93.0 Å². The van der Waals surface area contributed by atoms with Crippen LogP contribution in [0, 0.1) is 6.92 Å². The van der Waals surface area contributed by atoms with E-state index in [4.69, 9.17) is 9.97 Å². The summed E-state index contributed by atoms with van der Waals surface area (Å²) in [5, 5.41) is 3.99. The number of Topliss-reactive ketones (excluding diaryl/α,β-unsaturated/α-hetero) is 1. The van der Waals surface area contributed by atoms with Gasteiger partial charge in [-0.2, -0.15) is 16.7 Å². The molecule has 0 aromatic carbocycles. The molecule has 208 valence electrons. The highest BCUT2D eigenvalue weighted by Crippen LogP contribution is 2.32. The number of anilines is 2. The number of nitrogens with one attached hydrogen (secondary N) is 1. The minimum atomic E-state index is -0.238. The van der Waals surface area contributed by atoms with Crippen LogP contribution >= 0.6 is 11.8 Å². The highest BCUT2D eigenvalue weighted by atomic mass is 32.2. The van der Waals surface area contributed by atoms with Crippen molar-refractivity contribution in [1.29, 1.82) is 0 Å². The van der Waals surface area contributed by atoms with Crippen LogP contribution in [0.3, 0.4) is 0 Å². The Balaban J connectivity index is 1.35. The summed E-state index contributed by atoms with van der Waals surface area (Å²) in [4.78, 5) is 42.4. The molecule has 2 fully saturated rings. The van der Waals surface area contributed by atoms with Gasteiger partial charge in [-0.1, -0.05) is 18.9 Å². The van der Waals surface area contributed by atoms with Crippen LogP contribution in [0.15, 0.2) is 29.3 Å². The second-order valence-corrected chi connectivity index (χ2v) is 12.0. The number of nitrogens with zero attached hydrogens (tertiary/aromatic N) is 5. The van der Waals surface area contributed by atoms with Crippen molar-refractivity contribution < 1.29 is 4.79 Å². The number of hydrogen-bond acceptors (Lipinski definition) is 8. The Hall–Kier alpha value is -2.78. The Morgan fingerprint density at radius 1 is 1.08 bits per heavy atom. The third-order valence-corrected chi connectivity index (χ3v) is 9.09. The summed E-state index contributed by atoms with van der Waals surface area (Å²) < 4.78 is 1.74. The molecule has 1 unspecified atom stereocenters. The van der Waals surface area contributed by atoms with E-state index in [9.17, 15) is 9.59 Å². The lowest BCUT2D eigenvalue weighted by molar-refractivity contribution is 0.101. The van der Waals surface area contributed by atoms with Gasteiger partial charge in [-0.05, 0) is 107 Å². The van der Waals surface area contributed by atoms with Gasteiger partial charge >= 0.3 is 0 Å². The second-order valence-electron chi connectivity index (χ2n) is 11.0. The molecule has 5 rings (SSSR count). The summed E-state index contributed by atoms with van der Waals surface area (Å²) >= 11 is 1.93. The zero-order valence-corrected chi connectivity index (χ0v) is 24.2. The van der Waals surface area contributed by atoms with Crippen molar-refractivity contribution in [3.8, 4) is 0 Å². The molecule has 2 aliphatic rings. The molecule has 0 spiro atoms. The first-order valence-electron chi connectivity index (χ1n) is 14.3. The first kappa shape index (κ1) is 27.8. The van der Waals surface area contributed by atoms with Crippen molar-refractivity contribution in [2.24, 2.45) is 0 Å². The average molecular weight is 549 g/mol. The van der Waals surface area contributed by atoms with Gasteiger partial charge < -0.3 is 10.2 Å². The SMILES string of the molecule is CSCCCN1CCCC(c2ccc(Nc3ncc4c(C)c(C(C)=O)c(=O)n(C5CCCC5)c4n3)nc2)CC1. The van der Waals surface area contributed by atoms with Gasteiger partial charge in [0.25, 0.3) is 5.56 Å². The standard InChI is InChI=1S/C30H40N6O2S/c1-20-25-19-32-30(34-28(25)36(24-9-4-5-10-24)29(38)27(20)21(2)37)33-26-12-11-23(18-31-26)22-8-6-14-35(16-13-22)15-7-17-39-3/h11-12,18-19,22,24H,4-10,13-17H2,1-3H3,(H,31,32,33,34). The molecule has 3 aromatic heterocycles. The molecule has 39 heavy (non-hydrogen) atoms. The number of rotatable bonds is 9. The lowest BCUT2D eigenvalue weighted by Crippen LogP contribution is -2.30. The van der Waals surface area contributed by atoms with Crippen molar-refractivity contribution >= 4 is 40.3 Å². The van der Waals surface area contributed by atoms with Crippen LogP contribution in [0.25, 0.3) is 11.0 Å².